The number of furan rings is 1. The van der Waals surface area contributed by atoms with E-state index in [0.717, 1.165) is 0 Å². The number of hydrazine groups is 1. The van der Waals surface area contributed by atoms with Gasteiger partial charge in [-0.05, 0) is 36.4 Å². The zero-order chi connectivity index (χ0) is 25.4. The number of amides is 1. The molecule has 0 saturated heterocycles. The zero-order valence-corrected chi connectivity index (χ0v) is 19.8. The highest BCUT2D eigenvalue weighted by Gasteiger charge is 2.16. The number of pyridine rings is 1. The summed E-state index contributed by atoms with van der Waals surface area (Å²) in [5, 5.41) is 7.09. The van der Waals surface area contributed by atoms with Crippen LogP contribution in [0.25, 0.3) is 11.0 Å². The largest absolute Gasteiger partial charge is 0.489 e. The summed E-state index contributed by atoms with van der Waals surface area (Å²) in [5.74, 6) is 10.5. The van der Waals surface area contributed by atoms with Crippen LogP contribution in [-0.2, 0) is 6.61 Å². The third kappa shape index (κ3) is 6.05. The van der Waals surface area contributed by atoms with Crippen molar-refractivity contribution in [3.05, 3.63) is 88.7 Å². The van der Waals surface area contributed by atoms with Crippen LogP contribution in [0, 0.1) is 5.82 Å². The van der Waals surface area contributed by atoms with Crippen LogP contribution in [0.3, 0.4) is 0 Å². The first kappa shape index (κ1) is 25.5. The lowest BCUT2D eigenvalue weighted by Crippen LogP contribution is -2.32. The summed E-state index contributed by atoms with van der Waals surface area (Å²) in [6, 6.07) is 12.5. The Morgan fingerprint density at radius 2 is 1.94 bits per heavy atom. The number of rotatable bonds is 6. The van der Waals surface area contributed by atoms with Crippen LogP contribution in [0.5, 0.6) is 5.75 Å². The molecule has 6 N–H and O–H groups in total. The number of fused-ring (bicyclic) bond motifs is 1. The lowest BCUT2D eigenvalue weighted by atomic mass is 10.2. The molecule has 2 heterocycles. The second-order valence-corrected chi connectivity index (χ2v) is 7.25. The number of anilines is 1. The van der Waals surface area contributed by atoms with Gasteiger partial charge in [0.25, 0.3) is 5.91 Å². The van der Waals surface area contributed by atoms with Gasteiger partial charge in [-0.15, -0.1) is 0 Å². The second kappa shape index (κ2) is 11.8. The molecule has 9 nitrogen and oxygen atoms in total. The average molecular weight is 499 g/mol. The smallest absolute Gasteiger partial charge is 0.259 e. The first-order valence-electron chi connectivity index (χ1n) is 10.6. The van der Waals surface area contributed by atoms with E-state index in [4.69, 9.17) is 32.4 Å². The number of benzene rings is 2. The van der Waals surface area contributed by atoms with Crippen LogP contribution in [-0.4, -0.2) is 16.7 Å². The molecule has 0 radical (unpaired) electrons. The van der Waals surface area contributed by atoms with Gasteiger partial charge in [-0.3, -0.25) is 9.78 Å². The third-order valence-electron chi connectivity index (χ3n) is 4.73. The van der Waals surface area contributed by atoms with Crippen molar-refractivity contribution < 1.29 is 18.3 Å². The third-order valence-corrected chi connectivity index (χ3v) is 5.09. The summed E-state index contributed by atoms with van der Waals surface area (Å²) in [6.07, 6.45) is 2.81. The Hall–Kier alpha value is -4.15. The molecule has 4 aromatic rings. The summed E-state index contributed by atoms with van der Waals surface area (Å²) in [5.41, 5.74) is 4.64. The van der Waals surface area contributed by atoms with Crippen LogP contribution in [0.1, 0.15) is 35.5 Å². The number of hydrazone groups is 1. The standard InChI is InChI=1S/C22H18ClFN6O3.C2H6/c23-18-7-13(24)2-1-12(18)10-32-15-5-3-14(4-6-15)28-22(31)17-11-33-20-8-19(21(29-25)30-26)27-9-16(17)20;1-2/h1-9,11H,10,25-26H2,(H,28,31)(H,29,30);1-2H3. The fourth-order valence-corrected chi connectivity index (χ4v) is 3.26. The topological polar surface area (TPSA) is 141 Å². The van der Waals surface area contributed by atoms with Crippen LogP contribution in [0.2, 0.25) is 5.02 Å². The molecule has 0 bridgehead atoms. The van der Waals surface area contributed by atoms with E-state index in [1.807, 2.05) is 13.8 Å². The van der Waals surface area contributed by atoms with Gasteiger partial charge in [-0.2, -0.15) is 5.10 Å². The highest BCUT2D eigenvalue weighted by molar-refractivity contribution is 6.31. The molecular formula is C24H24ClFN6O3. The van der Waals surface area contributed by atoms with Crippen molar-refractivity contribution in [2.45, 2.75) is 20.5 Å². The Morgan fingerprint density at radius 1 is 1.20 bits per heavy atom. The molecule has 0 fully saturated rings. The fraction of sp³-hybridized carbons (Fsp3) is 0.125. The summed E-state index contributed by atoms with van der Waals surface area (Å²) in [7, 11) is 0. The Bertz CT molecular complexity index is 1340. The summed E-state index contributed by atoms with van der Waals surface area (Å²) in [4.78, 5) is 16.9. The number of nitrogens with one attached hydrogen (secondary N) is 2. The first-order chi connectivity index (χ1) is 17.0. The van der Waals surface area contributed by atoms with Crippen LogP contribution < -0.4 is 27.2 Å². The number of carbonyl (C=O) groups excluding carboxylic acids is 1. The normalized spacial score (nSPS) is 10.9. The van der Waals surface area contributed by atoms with Crippen LogP contribution in [0.4, 0.5) is 10.1 Å². The van der Waals surface area contributed by atoms with Gasteiger partial charge < -0.3 is 25.7 Å². The predicted octanol–water partition coefficient (Wildman–Crippen LogP) is 4.56. The molecule has 0 aliphatic rings. The highest BCUT2D eigenvalue weighted by atomic mass is 35.5. The van der Waals surface area contributed by atoms with E-state index >= 15 is 0 Å². The number of nitrogens with two attached hydrogens (primary N) is 2. The zero-order valence-electron chi connectivity index (χ0n) is 19.0. The number of hydrogen-bond donors (Lipinski definition) is 4. The SMILES string of the molecule is CC.N/N=C(\NN)c1cc2occ(C(=O)Nc3ccc(OCc4ccc(F)cc4Cl)cc3)c2cn1. The van der Waals surface area contributed by atoms with Crippen molar-refractivity contribution >= 4 is 40.0 Å². The van der Waals surface area contributed by atoms with Gasteiger partial charge in [0.05, 0.1) is 16.0 Å². The number of carbonyl (C=O) groups is 1. The van der Waals surface area contributed by atoms with Gasteiger partial charge in [0, 0.05) is 23.5 Å². The summed E-state index contributed by atoms with van der Waals surface area (Å²) in [6.45, 7) is 4.18. The molecule has 2 aromatic carbocycles. The molecule has 0 aliphatic carbocycles. The Labute approximate surface area is 205 Å². The van der Waals surface area contributed by atoms with E-state index in [2.05, 4.69) is 20.8 Å². The number of aromatic nitrogens is 1. The lowest BCUT2D eigenvalue weighted by Gasteiger charge is -2.09. The molecule has 1 amide bonds. The molecule has 0 unspecified atom stereocenters. The molecule has 0 saturated carbocycles. The van der Waals surface area contributed by atoms with Gasteiger partial charge in [-0.1, -0.05) is 31.5 Å². The van der Waals surface area contributed by atoms with E-state index < -0.39 is 5.82 Å². The Morgan fingerprint density at radius 3 is 2.60 bits per heavy atom. The van der Waals surface area contributed by atoms with Gasteiger partial charge in [-0.25, -0.2) is 10.2 Å². The van der Waals surface area contributed by atoms with Crippen molar-refractivity contribution in [1.82, 2.24) is 10.4 Å². The molecular weight excluding hydrogens is 475 g/mol. The number of halogens is 2. The number of amidine groups is 1. The van der Waals surface area contributed by atoms with Crippen LogP contribution in [0.15, 0.2) is 70.5 Å². The second-order valence-electron chi connectivity index (χ2n) is 6.84. The van der Waals surface area contributed by atoms with Crippen LogP contribution >= 0.6 is 11.6 Å². The van der Waals surface area contributed by atoms with Gasteiger partial charge in [0.2, 0.25) is 0 Å². The maximum atomic E-state index is 13.1. The Balaban J connectivity index is 0.00000167. The molecule has 0 spiro atoms. The van der Waals surface area contributed by atoms with E-state index in [0.29, 0.717) is 44.2 Å². The van der Waals surface area contributed by atoms with Gasteiger partial charge in [0.1, 0.15) is 35.7 Å². The minimum Gasteiger partial charge on any atom is -0.489 e. The monoisotopic (exact) mass is 498 g/mol. The molecule has 2 aromatic heterocycles. The van der Waals surface area contributed by atoms with Crippen molar-refractivity contribution in [1.29, 1.82) is 0 Å². The summed E-state index contributed by atoms with van der Waals surface area (Å²) >= 11 is 6.01. The first-order valence-corrected chi connectivity index (χ1v) is 11.0. The molecule has 4 rings (SSSR count). The van der Waals surface area contributed by atoms with Crippen molar-refractivity contribution in [3.63, 3.8) is 0 Å². The van der Waals surface area contributed by atoms with Crippen molar-refractivity contribution in [3.8, 4) is 5.75 Å². The quantitative estimate of drug-likeness (QED) is 0.132. The van der Waals surface area contributed by atoms with E-state index in [9.17, 15) is 9.18 Å². The van der Waals surface area contributed by atoms with Gasteiger partial charge >= 0.3 is 0 Å². The van der Waals surface area contributed by atoms with Crippen molar-refractivity contribution in [2.24, 2.45) is 16.8 Å². The highest BCUT2D eigenvalue weighted by Crippen LogP contribution is 2.24. The van der Waals surface area contributed by atoms with E-state index in [1.165, 1.54) is 24.6 Å². The number of ether oxygens (including phenoxy) is 1. The number of nitrogens with zero attached hydrogens (tertiary/aromatic N) is 2. The van der Waals surface area contributed by atoms with E-state index in [-0.39, 0.29) is 18.3 Å². The molecule has 182 valence electrons. The minimum absolute atomic E-state index is 0.170. The fourth-order valence-electron chi connectivity index (χ4n) is 3.04. The molecule has 11 heteroatoms. The van der Waals surface area contributed by atoms with Crippen molar-refractivity contribution in [2.75, 3.05) is 5.32 Å². The Kier molecular flexibility index (Phi) is 8.60. The molecule has 0 aliphatic heterocycles. The predicted molar refractivity (Wildman–Crippen MR) is 134 cm³/mol. The average Bonchev–Trinajstić information content (AvgIpc) is 3.30. The lowest BCUT2D eigenvalue weighted by molar-refractivity contribution is 0.102. The minimum atomic E-state index is -0.410. The molecule has 35 heavy (non-hydrogen) atoms. The van der Waals surface area contributed by atoms with E-state index in [1.54, 1.807) is 36.4 Å². The maximum Gasteiger partial charge on any atom is 0.259 e. The van der Waals surface area contributed by atoms with Gasteiger partial charge in [0.15, 0.2) is 5.84 Å². The summed E-state index contributed by atoms with van der Waals surface area (Å²) < 4.78 is 24.3. The molecule has 0 atom stereocenters. The maximum absolute atomic E-state index is 13.1. The number of hydrogen-bond acceptors (Lipinski definition) is 7.